The minimum atomic E-state index is -1.00. The molecule has 1 N–H and O–H groups in total. The highest BCUT2D eigenvalue weighted by Gasteiger charge is 2.48. The van der Waals surface area contributed by atoms with Crippen LogP contribution < -0.4 is 28.6 Å². The molecule has 6 rings (SSSR count). The second kappa shape index (κ2) is 10.7. The molecule has 1 saturated heterocycles. The van der Waals surface area contributed by atoms with Gasteiger partial charge >= 0.3 is 5.91 Å². The van der Waals surface area contributed by atoms with E-state index in [0.29, 0.717) is 70.3 Å². The molecule has 1 amide bonds. The lowest BCUT2D eigenvalue weighted by Gasteiger charge is -2.24. The van der Waals surface area contributed by atoms with E-state index in [1.165, 1.54) is 30.5 Å². The van der Waals surface area contributed by atoms with Crippen LogP contribution in [0.2, 0.25) is 0 Å². The van der Waals surface area contributed by atoms with Gasteiger partial charge in [-0.3, -0.25) is 14.5 Å². The molecule has 0 radical (unpaired) electrons. The first-order valence-corrected chi connectivity index (χ1v) is 13.7. The summed E-state index contributed by atoms with van der Waals surface area (Å²) in [7, 11) is 3.01. The molecule has 3 aromatic carbocycles. The van der Waals surface area contributed by atoms with E-state index < -0.39 is 17.7 Å². The average Bonchev–Trinajstić information content (AvgIpc) is 3.53. The molecule has 11 heteroatoms. The van der Waals surface area contributed by atoms with Crippen molar-refractivity contribution in [3.05, 3.63) is 71.3 Å². The number of amides is 1. The molecule has 0 saturated carbocycles. The number of aliphatic hydroxyl groups excluding tert-OH is 1. The fourth-order valence-corrected chi connectivity index (χ4v) is 5.99. The molecule has 4 aromatic rings. The Morgan fingerprint density at radius 2 is 1.78 bits per heavy atom. The highest BCUT2D eigenvalue weighted by Crippen LogP contribution is 2.46. The summed E-state index contributed by atoms with van der Waals surface area (Å²) in [5.74, 6) is 0.525. The molecule has 1 atom stereocenters. The number of carbonyl (C=O) groups excluding carboxylic acids is 2. The summed E-state index contributed by atoms with van der Waals surface area (Å²) in [6, 6.07) is 14.4. The SMILES string of the molecule is CCOc1ccc2nc(N3C(=O)C(=O)C(=C(O)c4ccc5c(c4)OCCO5)C3c3ccc(OC)c(OC)c3)sc2c1. The zero-order valence-corrected chi connectivity index (χ0v) is 23.3. The Bertz CT molecular complexity index is 1710. The fourth-order valence-electron chi connectivity index (χ4n) is 4.97. The van der Waals surface area contributed by atoms with Gasteiger partial charge in [0.05, 0.1) is 42.7 Å². The van der Waals surface area contributed by atoms with Crippen molar-refractivity contribution >= 4 is 44.1 Å². The first kappa shape index (κ1) is 26.5. The first-order valence-electron chi connectivity index (χ1n) is 12.9. The van der Waals surface area contributed by atoms with E-state index in [-0.39, 0.29) is 11.3 Å². The lowest BCUT2D eigenvalue weighted by molar-refractivity contribution is -0.132. The fraction of sp³-hybridized carbons (Fsp3) is 0.233. The van der Waals surface area contributed by atoms with Gasteiger partial charge in [-0.15, -0.1) is 0 Å². The van der Waals surface area contributed by atoms with Crippen molar-refractivity contribution in [1.29, 1.82) is 0 Å². The van der Waals surface area contributed by atoms with Crippen molar-refractivity contribution < 1.29 is 38.4 Å². The Balaban J connectivity index is 1.53. The van der Waals surface area contributed by atoms with Crippen molar-refractivity contribution in [3.63, 3.8) is 0 Å². The number of ketones is 1. The summed E-state index contributed by atoms with van der Waals surface area (Å²) in [6.07, 6.45) is 0. The number of anilines is 1. The van der Waals surface area contributed by atoms with Crippen LogP contribution in [0.15, 0.2) is 60.2 Å². The monoisotopic (exact) mass is 574 g/mol. The van der Waals surface area contributed by atoms with Gasteiger partial charge in [0.25, 0.3) is 5.78 Å². The Kier molecular flexibility index (Phi) is 6.88. The molecule has 2 aliphatic rings. The van der Waals surface area contributed by atoms with Crippen molar-refractivity contribution in [2.75, 3.05) is 38.9 Å². The largest absolute Gasteiger partial charge is 0.507 e. The molecule has 3 heterocycles. The Labute approximate surface area is 239 Å². The number of aliphatic hydroxyl groups is 1. The lowest BCUT2D eigenvalue weighted by Crippen LogP contribution is -2.29. The third kappa shape index (κ3) is 4.57. The van der Waals surface area contributed by atoms with E-state index in [4.69, 9.17) is 23.7 Å². The molecule has 0 bridgehead atoms. The topological polar surface area (TPSA) is 117 Å². The molecule has 1 fully saturated rings. The standard InChI is InChI=1S/C30H26N2O8S/c1-4-38-18-7-8-19-24(15-18)41-30(31-19)32-26(16-5-9-20(36-2)22(13-16)37-3)25(28(34)29(32)35)27(33)17-6-10-21-23(14-17)40-12-11-39-21/h5-10,13-15,26,33H,4,11-12H2,1-3H3. The highest BCUT2D eigenvalue weighted by molar-refractivity contribution is 7.22. The maximum atomic E-state index is 13.7. The number of hydrogen-bond acceptors (Lipinski definition) is 10. The number of hydrogen-bond donors (Lipinski definition) is 1. The molecule has 10 nitrogen and oxygen atoms in total. The number of thiazole rings is 1. The van der Waals surface area contributed by atoms with Gasteiger partial charge in [0.1, 0.15) is 24.7 Å². The number of methoxy groups -OCH3 is 2. The number of benzene rings is 3. The van der Waals surface area contributed by atoms with Crippen LogP contribution in [0.25, 0.3) is 16.0 Å². The summed E-state index contributed by atoms with van der Waals surface area (Å²) in [5, 5.41) is 11.9. The maximum Gasteiger partial charge on any atom is 0.301 e. The van der Waals surface area contributed by atoms with Gasteiger partial charge in [0, 0.05) is 5.56 Å². The van der Waals surface area contributed by atoms with Crippen LogP contribution in [-0.2, 0) is 9.59 Å². The van der Waals surface area contributed by atoms with Crippen molar-refractivity contribution in [2.24, 2.45) is 0 Å². The number of fused-ring (bicyclic) bond motifs is 2. The Morgan fingerprint density at radius 3 is 2.54 bits per heavy atom. The summed E-state index contributed by atoms with van der Waals surface area (Å²) in [4.78, 5) is 33.3. The van der Waals surface area contributed by atoms with Crippen molar-refractivity contribution in [3.8, 4) is 28.7 Å². The summed E-state index contributed by atoms with van der Waals surface area (Å²) in [6.45, 7) is 3.17. The smallest absolute Gasteiger partial charge is 0.301 e. The van der Waals surface area contributed by atoms with Crippen LogP contribution in [0.4, 0.5) is 5.13 Å². The van der Waals surface area contributed by atoms with Crippen LogP contribution in [0.3, 0.4) is 0 Å². The zero-order valence-electron chi connectivity index (χ0n) is 22.5. The molecule has 210 valence electrons. The minimum Gasteiger partial charge on any atom is -0.507 e. The predicted octanol–water partition coefficient (Wildman–Crippen LogP) is 5.11. The van der Waals surface area contributed by atoms with Gasteiger partial charge in [0.2, 0.25) is 0 Å². The highest BCUT2D eigenvalue weighted by atomic mass is 32.1. The van der Waals surface area contributed by atoms with Crippen LogP contribution >= 0.6 is 11.3 Å². The van der Waals surface area contributed by atoms with E-state index >= 15 is 0 Å². The van der Waals surface area contributed by atoms with Gasteiger partial charge in [-0.2, -0.15) is 0 Å². The zero-order chi connectivity index (χ0) is 28.7. The number of carbonyl (C=O) groups is 2. The summed E-state index contributed by atoms with van der Waals surface area (Å²) >= 11 is 1.25. The molecule has 41 heavy (non-hydrogen) atoms. The average molecular weight is 575 g/mol. The van der Waals surface area contributed by atoms with E-state index in [0.717, 1.165) is 4.70 Å². The van der Waals surface area contributed by atoms with E-state index in [2.05, 4.69) is 4.98 Å². The molecule has 1 unspecified atom stereocenters. The van der Waals surface area contributed by atoms with E-state index in [9.17, 15) is 14.7 Å². The predicted molar refractivity (Wildman–Crippen MR) is 153 cm³/mol. The molecule has 2 aliphatic heterocycles. The molecular formula is C30H26N2O8S. The third-order valence-electron chi connectivity index (χ3n) is 6.85. The van der Waals surface area contributed by atoms with Gasteiger partial charge in [-0.1, -0.05) is 17.4 Å². The lowest BCUT2D eigenvalue weighted by atomic mass is 9.95. The van der Waals surface area contributed by atoms with E-state index in [1.54, 1.807) is 48.5 Å². The van der Waals surface area contributed by atoms with Crippen LogP contribution in [0.5, 0.6) is 28.7 Å². The van der Waals surface area contributed by atoms with Gasteiger partial charge < -0.3 is 28.8 Å². The maximum absolute atomic E-state index is 13.7. The second-order valence-corrected chi connectivity index (χ2v) is 10.2. The minimum absolute atomic E-state index is 0.0897. The Morgan fingerprint density at radius 1 is 1.00 bits per heavy atom. The molecule has 1 aromatic heterocycles. The summed E-state index contributed by atoms with van der Waals surface area (Å²) in [5.41, 5.74) is 1.39. The van der Waals surface area contributed by atoms with Crippen LogP contribution in [0, 0.1) is 0 Å². The van der Waals surface area contributed by atoms with Crippen LogP contribution in [-0.4, -0.2) is 55.8 Å². The quantitative estimate of drug-likeness (QED) is 0.183. The van der Waals surface area contributed by atoms with Crippen molar-refractivity contribution in [2.45, 2.75) is 13.0 Å². The normalized spacial score (nSPS) is 17.6. The van der Waals surface area contributed by atoms with Gasteiger partial charge in [0.15, 0.2) is 28.1 Å². The number of nitrogens with zero attached hydrogens (tertiary/aromatic N) is 2. The van der Waals surface area contributed by atoms with Gasteiger partial charge in [-0.05, 0) is 61.0 Å². The molecule has 0 spiro atoms. The van der Waals surface area contributed by atoms with E-state index in [1.807, 2.05) is 13.0 Å². The summed E-state index contributed by atoms with van der Waals surface area (Å²) < 4.78 is 28.6. The number of Topliss-reactive ketones (excluding diaryl/α,β-unsaturated/α-hetero) is 1. The number of ether oxygens (including phenoxy) is 5. The number of aromatic nitrogens is 1. The third-order valence-corrected chi connectivity index (χ3v) is 7.87. The first-order chi connectivity index (χ1) is 19.9. The molecular weight excluding hydrogens is 548 g/mol. The second-order valence-electron chi connectivity index (χ2n) is 9.20. The van der Waals surface area contributed by atoms with Crippen molar-refractivity contribution in [1.82, 2.24) is 4.98 Å². The Hall–Kier alpha value is -4.77. The number of rotatable bonds is 7. The van der Waals surface area contributed by atoms with Gasteiger partial charge in [-0.25, -0.2) is 4.98 Å². The molecule has 0 aliphatic carbocycles. The van der Waals surface area contributed by atoms with Crippen LogP contribution in [0.1, 0.15) is 24.1 Å².